The molecule has 0 aromatic heterocycles. The lowest BCUT2D eigenvalue weighted by Crippen LogP contribution is -1.89. The van der Waals surface area contributed by atoms with Crippen LogP contribution in [0.1, 0.15) is 6.42 Å². The van der Waals surface area contributed by atoms with Gasteiger partial charge in [-0.15, -0.1) is 0 Å². The SMILES string of the molecule is C=C(N)C[CH2+]. The molecular weight excluding hydrogens is 62.1 g/mol. The zero-order chi connectivity index (χ0) is 4.28. The van der Waals surface area contributed by atoms with Gasteiger partial charge >= 0.3 is 0 Å². The summed E-state index contributed by atoms with van der Waals surface area (Å²) in [6.07, 6.45) is 0.639. The van der Waals surface area contributed by atoms with E-state index >= 15 is 0 Å². The van der Waals surface area contributed by atoms with E-state index in [2.05, 4.69) is 13.5 Å². The Balaban J connectivity index is 2.85. The molecule has 0 aromatic rings. The van der Waals surface area contributed by atoms with Crippen molar-refractivity contribution in [2.45, 2.75) is 6.42 Å². The second-order valence-corrected chi connectivity index (χ2v) is 0.908. The predicted molar refractivity (Wildman–Crippen MR) is 23.3 cm³/mol. The summed E-state index contributed by atoms with van der Waals surface area (Å²) in [4.78, 5) is 0. The topological polar surface area (TPSA) is 26.0 Å². The zero-order valence-electron chi connectivity index (χ0n) is 3.20. The van der Waals surface area contributed by atoms with Crippen molar-refractivity contribution in [1.29, 1.82) is 0 Å². The van der Waals surface area contributed by atoms with Crippen LogP contribution in [0, 0.1) is 6.92 Å². The molecule has 0 rings (SSSR count). The van der Waals surface area contributed by atoms with Crippen molar-refractivity contribution in [1.82, 2.24) is 0 Å². The Morgan fingerprint density at radius 1 is 2.00 bits per heavy atom. The molecule has 0 aliphatic heterocycles. The highest BCUT2D eigenvalue weighted by Crippen LogP contribution is 1.78. The van der Waals surface area contributed by atoms with Crippen molar-refractivity contribution in [2.24, 2.45) is 5.73 Å². The van der Waals surface area contributed by atoms with E-state index in [1.54, 1.807) is 0 Å². The lowest BCUT2D eigenvalue weighted by Gasteiger charge is -1.75. The van der Waals surface area contributed by atoms with Crippen LogP contribution >= 0.6 is 0 Å². The molecule has 0 saturated heterocycles. The Morgan fingerprint density at radius 2 is 2.20 bits per heavy atom. The van der Waals surface area contributed by atoms with E-state index in [-0.39, 0.29) is 0 Å². The van der Waals surface area contributed by atoms with E-state index in [1.165, 1.54) is 0 Å². The Hall–Kier alpha value is -0.590. The normalized spacial score (nSPS) is 7.20. The lowest BCUT2D eigenvalue weighted by atomic mass is 10.4. The van der Waals surface area contributed by atoms with Crippen molar-refractivity contribution in [3.63, 3.8) is 0 Å². The maximum Gasteiger partial charge on any atom is 0.124 e. The lowest BCUT2D eigenvalue weighted by molar-refractivity contribution is 1.18. The summed E-state index contributed by atoms with van der Waals surface area (Å²) in [6.45, 7) is 6.85. The number of nitrogens with two attached hydrogens (primary N) is 1. The molecule has 0 aliphatic rings. The molecule has 0 radical (unpaired) electrons. The quantitative estimate of drug-likeness (QED) is 0.451. The van der Waals surface area contributed by atoms with E-state index in [4.69, 9.17) is 5.73 Å². The number of hydrogen-bond donors (Lipinski definition) is 1. The van der Waals surface area contributed by atoms with Crippen molar-refractivity contribution < 1.29 is 0 Å². The third-order valence-electron chi connectivity index (χ3n) is 0.321. The third-order valence-corrected chi connectivity index (χ3v) is 0.321. The summed E-state index contributed by atoms with van der Waals surface area (Å²) in [5, 5.41) is 0. The number of allylic oxidation sites excluding steroid dienone is 1. The van der Waals surface area contributed by atoms with Crippen LogP contribution in [-0.2, 0) is 0 Å². The van der Waals surface area contributed by atoms with Crippen LogP contribution in [-0.4, -0.2) is 0 Å². The van der Waals surface area contributed by atoms with Gasteiger partial charge in [-0.1, -0.05) is 6.58 Å². The molecule has 0 amide bonds. The first-order valence-electron chi connectivity index (χ1n) is 1.50. The maximum absolute atomic E-state index is 5.03. The van der Waals surface area contributed by atoms with E-state index in [0.29, 0.717) is 12.1 Å². The molecule has 0 atom stereocenters. The summed E-state index contributed by atoms with van der Waals surface area (Å²) < 4.78 is 0. The van der Waals surface area contributed by atoms with Crippen molar-refractivity contribution in [2.75, 3.05) is 0 Å². The van der Waals surface area contributed by atoms with Crippen LogP contribution in [0.15, 0.2) is 12.3 Å². The molecule has 0 unspecified atom stereocenters. The summed E-state index contributed by atoms with van der Waals surface area (Å²) in [6, 6.07) is 0. The first-order valence-corrected chi connectivity index (χ1v) is 1.50. The predicted octanol–water partition coefficient (Wildman–Crippen LogP) is 0.683. The average molecular weight is 70.1 g/mol. The maximum atomic E-state index is 5.03. The van der Waals surface area contributed by atoms with Gasteiger partial charge in [0.2, 0.25) is 0 Å². The minimum absolute atomic E-state index is 0.639. The van der Waals surface area contributed by atoms with Crippen LogP contribution in [0.3, 0.4) is 0 Å². The monoisotopic (exact) mass is 70.1 g/mol. The zero-order valence-corrected chi connectivity index (χ0v) is 3.20. The van der Waals surface area contributed by atoms with Crippen LogP contribution in [0.2, 0.25) is 0 Å². The van der Waals surface area contributed by atoms with Gasteiger partial charge in [0.1, 0.15) is 6.42 Å². The Bertz CT molecular complexity index is 38.9. The first kappa shape index (κ1) is 4.41. The molecule has 0 fully saturated rings. The minimum Gasteiger partial charge on any atom is -0.399 e. The molecule has 0 saturated carbocycles. The fourth-order valence-electron chi connectivity index (χ4n) is 0. The highest BCUT2D eigenvalue weighted by atomic mass is 14.5. The van der Waals surface area contributed by atoms with Gasteiger partial charge in [0.25, 0.3) is 0 Å². The highest BCUT2D eigenvalue weighted by Gasteiger charge is 1.75. The summed E-state index contributed by atoms with van der Waals surface area (Å²) in [5.41, 5.74) is 5.68. The molecule has 0 aliphatic carbocycles. The minimum atomic E-state index is 0.639. The molecular formula is C4H8N+. The Labute approximate surface area is 32.5 Å². The molecule has 0 bridgehead atoms. The fraction of sp³-hybridized carbons (Fsp3) is 0.250. The second-order valence-electron chi connectivity index (χ2n) is 0.908. The van der Waals surface area contributed by atoms with Gasteiger partial charge in [0, 0.05) is 5.70 Å². The van der Waals surface area contributed by atoms with Crippen LogP contribution in [0.4, 0.5) is 0 Å². The molecule has 28 valence electrons. The summed E-state index contributed by atoms with van der Waals surface area (Å²) >= 11 is 0. The highest BCUT2D eigenvalue weighted by molar-refractivity contribution is 4.85. The number of hydrogen-bond acceptors (Lipinski definition) is 1. The summed E-state index contributed by atoms with van der Waals surface area (Å²) in [7, 11) is 0. The largest absolute Gasteiger partial charge is 0.399 e. The van der Waals surface area contributed by atoms with E-state index in [9.17, 15) is 0 Å². The molecule has 1 heteroatoms. The van der Waals surface area contributed by atoms with Crippen LogP contribution in [0.5, 0.6) is 0 Å². The first-order chi connectivity index (χ1) is 2.27. The average Bonchev–Trinajstić information content (AvgIpc) is 1.38. The molecule has 2 N–H and O–H groups in total. The van der Waals surface area contributed by atoms with Crippen LogP contribution < -0.4 is 5.73 Å². The molecule has 1 nitrogen and oxygen atoms in total. The molecule has 0 aromatic carbocycles. The van der Waals surface area contributed by atoms with Crippen molar-refractivity contribution >= 4 is 0 Å². The summed E-state index contributed by atoms with van der Waals surface area (Å²) in [5.74, 6) is 0. The fourth-order valence-corrected chi connectivity index (χ4v) is 0. The standard InChI is InChI=1S/C4H8N/c1-3-4(2)5/h1-3,5H2/q+1. The van der Waals surface area contributed by atoms with Gasteiger partial charge in [0.05, 0.1) is 6.92 Å². The van der Waals surface area contributed by atoms with Crippen molar-refractivity contribution in [3.8, 4) is 0 Å². The van der Waals surface area contributed by atoms with Gasteiger partial charge in [0.15, 0.2) is 0 Å². The Morgan fingerprint density at radius 3 is 2.20 bits per heavy atom. The number of rotatable bonds is 1. The van der Waals surface area contributed by atoms with Gasteiger partial charge in [-0.25, -0.2) is 0 Å². The van der Waals surface area contributed by atoms with Gasteiger partial charge in [-0.2, -0.15) is 0 Å². The van der Waals surface area contributed by atoms with Gasteiger partial charge in [-0.05, 0) is 0 Å². The van der Waals surface area contributed by atoms with E-state index in [1.807, 2.05) is 0 Å². The molecule has 0 heterocycles. The smallest absolute Gasteiger partial charge is 0.124 e. The van der Waals surface area contributed by atoms with E-state index in [0.717, 1.165) is 0 Å². The third kappa shape index (κ3) is 3.41. The van der Waals surface area contributed by atoms with E-state index < -0.39 is 0 Å². The molecule has 0 spiro atoms. The van der Waals surface area contributed by atoms with Gasteiger partial charge < -0.3 is 5.73 Å². The van der Waals surface area contributed by atoms with Crippen molar-refractivity contribution in [3.05, 3.63) is 19.2 Å². The second kappa shape index (κ2) is 1.70. The molecule has 5 heavy (non-hydrogen) atoms. The van der Waals surface area contributed by atoms with Gasteiger partial charge in [-0.3, -0.25) is 0 Å². The van der Waals surface area contributed by atoms with Crippen LogP contribution in [0.25, 0.3) is 0 Å². The Kier molecular flexibility index (Phi) is 1.50.